The number of carbonyl (C=O) groups excluding carboxylic acids is 1. The van der Waals surface area contributed by atoms with Crippen LogP contribution in [-0.2, 0) is 9.53 Å². The van der Waals surface area contributed by atoms with E-state index in [9.17, 15) is 9.90 Å². The van der Waals surface area contributed by atoms with Crippen molar-refractivity contribution in [3.63, 3.8) is 0 Å². The lowest BCUT2D eigenvalue weighted by molar-refractivity contribution is -0.155. The quantitative estimate of drug-likeness (QED) is 0.711. The van der Waals surface area contributed by atoms with Gasteiger partial charge in [0, 0.05) is 0 Å². The van der Waals surface area contributed by atoms with Gasteiger partial charge in [-0.25, -0.2) is 0 Å². The minimum Gasteiger partial charge on any atom is -0.461 e. The van der Waals surface area contributed by atoms with Gasteiger partial charge in [-0.15, -0.1) is 0 Å². The van der Waals surface area contributed by atoms with Crippen LogP contribution in [0.5, 0.6) is 0 Å². The highest BCUT2D eigenvalue weighted by Crippen LogP contribution is 2.28. The molecule has 0 aliphatic heterocycles. The molecule has 0 spiro atoms. The molecule has 1 saturated carbocycles. The van der Waals surface area contributed by atoms with Gasteiger partial charge in [-0.2, -0.15) is 0 Å². The number of rotatable bonds is 4. The van der Waals surface area contributed by atoms with Crippen molar-refractivity contribution in [2.45, 2.75) is 64.2 Å². The van der Waals surface area contributed by atoms with Crippen molar-refractivity contribution in [3.8, 4) is 0 Å². The SMILES string of the molecule is CCC1CCCC(OC(=O)[C@@H](N)[C@@H](C)O)C1. The Balaban J connectivity index is 2.38. The van der Waals surface area contributed by atoms with Gasteiger partial charge in [0.05, 0.1) is 6.10 Å². The largest absolute Gasteiger partial charge is 0.461 e. The minimum atomic E-state index is -0.915. The zero-order valence-corrected chi connectivity index (χ0v) is 10.2. The Morgan fingerprint density at radius 1 is 1.56 bits per heavy atom. The summed E-state index contributed by atoms with van der Waals surface area (Å²) in [7, 11) is 0. The van der Waals surface area contributed by atoms with Gasteiger partial charge in [-0.05, 0) is 32.1 Å². The third-order valence-corrected chi connectivity index (χ3v) is 3.39. The molecule has 0 radical (unpaired) electrons. The topological polar surface area (TPSA) is 72.5 Å². The van der Waals surface area contributed by atoms with Crippen LogP contribution in [0, 0.1) is 5.92 Å². The van der Waals surface area contributed by atoms with Gasteiger partial charge >= 0.3 is 5.97 Å². The van der Waals surface area contributed by atoms with Crippen LogP contribution in [0.1, 0.15) is 46.0 Å². The number of nitrogens with two attached hydrogens (primary N) is 1. The molecule has 0 aromatic carbocycles. The number of hydrogen-bond acceptors (Lipinski definition) is 4. The first-order valence-corrected chi connectivity index (χ1v) is 6.18. The molecule has 4 heteroatoms. The molecule has 1 fully saturated rings. The normalized spacial score (nSPS) is 29.5. The Kier molecular flexibility index (Phi) is 5.22. The van der Waals surface area contributed by atoms with E-state index >= 15 is 0 Å². The molecule has 1 aliphatic carbocycles. The van der Waals surface area contributed by atoms with Crippen molar-refractivity contribution < 1.29 is 14.6 Å². The Morgan fingerprint density at radius 3 is 2.81 bits per heavy atom. The molecule has 1 rings (SSSR count). The van der Waals surface area contributed by atoms with Gasteiger partial charge in [0.15, 0.2) is 0 Å². The van der Waals surface area contributed by atoms with Crippen LogP contribution in [0.3, 0.4) is 0 Å². The van der Waals surface area contributed by atoms with Crippen LogP contribution >= 0.6 is 0 Å². The summed E-state index contributed by atoms with van der Waals surface area (Å²) in [6.45, 7) is 3.66. The molecular weight excluding hydrogens is 206 g/mol. The predicted octanol–water partition coefficient (Wildman–Crippen LogP) is 1.21. The molecule has 94 valence electrons. The lowest BCUT2D eigenvalue weighted by Gasteiger charge is -2.29. The van der Waals surface area contributed by atoms with Gasteiger partial charge in [0.1, 0.15) is 12.1 Å². The van der Waals surface area contributed by atoms with Gasteiger partial charge < -0.3 is 15.6 Å². The van der Waals surface area contributed by atoms with E-state index in [1.54, 1.807) is 0 Å². The van der Waals surface area contributed by atoms with Crippen LogP contribution in [-0.4, -0.2) is 29.3 Å². The monoisotopic (exact) mass is 229 g/mol. The second kappa shape index (κ2) is 6.21. The third kappa shape index (κ3) is 3.76. The average molecular weight is 229 g/mol. The minimum absolute atomic E-state index is 0.00370. The Hall–Kier alpha value is -0.610. The summed E-state index contributed by atoms with van der Waals surface area (Å²) in [6.07, 6.45) is 4.49. The second-order valence-corrected chi connectivity index (χ2v) is 4.77. The molecular formula is C12H23NO3. The molecule has 4 nitrogen and oxygen atoms in total. The average Bonchev–Trinajstić information content (AvgIpc) is 2.28. The van der Waals surface area contributed by atoms with Crippen LogP contribution in [0.15, 0.2) is 0 Å². The summed E-state index contributed by atoms with van der Waals surface area (Å²) < 4.78 is 5.32. The lowest BCUT2D eigenvalue weighted by Crippen LogP contribution is -2.43. The highest BCUT2D eigenvalue weighted by molar-refractivity contribution is 5.76. The van der Waals surface area contributed by atoms with E-state index in [0.717, 1.165) is 25.7 Å². The summed E-state index contributed by atoms with van der Waals surface area (Å²) in [4.78, 5) is 11.5. The molecule has 0 aromatic heterocycles. The summed E-state index contributed by atoms with van der Waals surface area (Å²) in [5.74, 6) is 0.186. The Morgan fingerprint density at radius 2 is 2.25 bits per heavy atom. The summed E-state index contributed by atoms with van der Waals surface area (Å²) in [5.41, 5.74) is 5.52. The first-order chi connectivity index (χ1) is 7.54. The first-order valence-electron chi connectivity index (χ1n) is 6.18. The molecule has 0 bridgehead atoms. The fourth-order valence-electron chi connectivity index (χ4n) is 2.16. The van der Waals surface area contributed by atoms with Crippen molar-refractivity contribution in [2.75, 3.05) is 0 Å². The molecule has 1 aliphatic rings. The van der Waals surface area contributed by atoms with Crippen molar-refractivity contribution >= 4 is 5.97 Å². The molecule has 0 amide bonds. The maximum absolute atomic E-state index is 11.5. The molecule has 0 saturated heterocycles. The lowest BCUT2D eigenvalue weighted by atomic mass is 9.85. The van der Waals surface area contributed by atoms with E-state index in [-0.39, 0.29) is 6.10 Å². The van der Waals surface area contributed by atoms with E-state index in [0.29, 0.717) is 5.92 Å². The number of ether oxygens (including phenoxy) is 1. The number of aliphatic hydroxyl groups is 1. The van der Waals surface area contributed by atoms with Crippen molar-refractivity contribution in [1.82, 2.24) is 0 Å². The summed E-state index contributed by atoms with van der Waals surface area (Å²) in [5, 5.41) is 9.19. The van der Waals surface area contributed by atoms with Gasteiger partial charge in [0.2, 0.25) is 0 Å². The highest BCUT2D eigenvalue weighted by atomic mass is 16.5. The maximum atomic E-state index is 11.5. The maximum Gasteiger partial charge on any atom is 0.325 e. The van der Waals surface area contributed by atoms with Crippen molar-refractivity contribution in [2.24, 2.45) is 11.7 Å². The van der Waals surface area contributed by atoms with Gasteiger partial charge in [-0.1, -0.05) is 19.8 Å². The Bertz CT molecular complexity index is 230. The van der Waals surface area contributed by atoms with E-state index < -0.39 is 18.1 Å². The second-order valence-electron chi connectivity index (χ2n) is 4.77. The number of esters is 1. The van der Waals surface area contributed by atoms with E-state index in [1.807, 2.05) is 0 Å². The van der Waals surface area contributed by atoms with Gasteiger partial charge in [-0.3, -0.25) is 4.79 Å². The van der Waals surface area contributed by atoms with E-state index in [1.165, 1.54) is 13.3 Å². The van der Waals surface area contributed by atoms with Crippen molar-refractivity contribution in [1.29, 1.82) is 0 Å². The van der Waals surface area contributed by atoms with E-state index in [2.05, 4.69) is 6.92 Å². The highest BCUT2D eigenvalue weighted by Gasteiger charge is 2.27. The molecule has 2 unspecified atom stereocenters. The molecule has 4 atom stereocenters. The predicted molar refractivity (Wildman–Crippen MR) is 61.8 cm³/mol. The summed E-state index contributed by atoms with van der Waals surface area (Å²) >= 11 is 0. The van der Waals surface area contributed by atoms with Crippen LogP contribution < -0.4 is 5.73 Å². The number of carbonyl (C=O) groups is 1. The van der Waals surface area contributed by atoms with Gasteiger partial charge in [0.25, 0.3) is 0 Å². The first kappa shape index (κ1) is 13.5. The Labute approximate surface area is 97.2 Å². The molecule has 0 heterocycles. The smallest absolute Gasteiger partial charge is 0.325 e. The molecule has 0 aromatic rings. The molecule has 3 N–H and O–H groups in total. The van der Waals surface area contributed by atoms with Crippen LogP contribution in [0.25, 0.3) is 0 Å². The van der Waals surface area contributed by atoms with E-state index in [4.69, 9.17) is 10.5 Å². The zero-order chi connectivity index (χ0) is 12.1. The number of aliphatic hydroxyl groups excluding tert-OH is 1. The van der Waals surface area contributed by atoms with Crippen molar-refractivity contribution in [3.05, 3.63) is 0 Å². The zero-order valence-electron chi connectivity index (χ0n) is 10.2. The summed E-state index contributed by atoms with van der Waals surface area (Å²) in [6, 6.07) is -0.915. The standard InChI is InChI=1S/C12H23NO3/c1-3-9-5-4-6-10(7-9)16-12(15)11(13)8(2)14/h8-11,14H,3-7,13H2,1-2H3/t8-,9?,10?,11+/m1/s1. The fourth-order valence-corrected chi connectivity index (χ4v) is 2.16. The third-order valence-electron chi connectivity index (χ3n) is 3.39. The molecule has 16 heavy (non-hydrogen) atoms. The van der Waals surface area contributed by atoms with Crippen LogP contribution in [0.2, 0.25) is 0 Å². The fraction of sp³-hybridized carbons (Fsp3) is 0.917. The number of hydrogen-bond donors (Lipinski definition) is 2. The van der Waals surface area contributed by atoms with Crippen LogP contribution in [0.4, 0.5) is 0 Å².